The monoisotopic (exact) mass is 558 g/mol. The van der Waals surface area contributed by atoms with E-state index in [4.69, 9.17) is 0 Å². The summed E-state index contributed by atoms with van der Waals surface area (Å²) in [6, 6.07) is 10.8. The smallest absolute Gasteiger partial charge is 0.353 e. The third-order valence-electron chi connectivity index (χ3n) is 4.44. The van der Waals surface area contributed by atoms with Crippen LogP contribution < -0.4 is 5.32 Å². The number of β-lactam (4-membered cyclic amide) rings is 1. The minimum atomic E-state index is -1.12. The third kappa shape index (κ3) is 4.21. The molecule has 0 spiro atoms. The van der Waals surface area contributed by atoms with Crippen molar-refractivity contribution in [2.24, 2.45) is 0 Å². The van der Waals surface area contributed by atoms with Crippen LogP contribution in [-0.4, -0.2) is 45.0 Å². The molecule has 2 aliphatic rings. The number of thioether (sulfide) groups is 2. The lowest BCUT2D eigenvalue weighted by Gasteiger charge is -2.49. The number of halogens is 1. The van der Waals surface area contributed by atoms with Crippen LogP contribution in [0.1, 0.15) is 4.88 Å². The predicted molar refractivity (Wildman–Crippen MR) is 123 cm³/mol. The molecular formula is C19H15IN2O4S3. The Hall–Kier alpha value is -1.50. The van der Waals surface area contributed by atoms with Crippen LogP contribution >= 0.6 is 57.5 Å². The minimum Gasteiger partial charge on any atom is -0.477 e. The number of carboxylic acid groups (broad SMARTS) is 1. The number of benzene rings is 1. The molecule has 29 heavy (non-hydrogen) atoms. The lowest BCUT2D eigenvalue weighted by molar-refractivity contribution is -0.150. The van der Waals surface area contributed by atoms with Gasteiger partial charge in [-0.2, -0.15) is 0 Å². The van der Waals surface area contributed by atoms with E-state index in [-0.39, 0.29) is 29.3 Å². The zero-order chi connectivity index (χ0) is 20.5. The van der Waals surface area contributed by atoms with Crippen molar-refractivity contribution in [2.45, 2.75) is 22.7 Å². The quantitative estimate of drug-likeness (QED) is 0.418. The molecule has 150 valence electrons. The summed E-state index contributed by atoms with van der Waals surface area (Å²) in [4.78, 5) is 40.8. The first kappa shape index (κ1) is 20.8. The van der Waals surface area contributed by atoms with Crippen molar-refractivity contribution in [3.63, 3.8) is 0 Å². The maximum atomic E-state index is 12.7. The molecule has 2 N–H and O–H groups in total. The van der Waals surface area contributed by atoms with Crippen LogP contribution in [0, 0.1) is 3.57 Å². The summed E-state index contributed by atoms with van der Waals surface area (Å²) in [7, 11) is 0. The fraction of sp³-hybridized carbons (Fsp3) is 0.211. The first-order valence-corrected chi connectivity index (χ1v) is 12.4. The molecule has 0 unspecified atom stereocenters. The van der Waals surface area contributed by atoms with Gasteiger partial charge in [0.15, 0.2) is 0 Å². The molecule has 3 heterocycles. The average Bonchev–Trinajstić information content (AvgIpc) is 3.20. The molecule has 1 fully saturated rings. The Morgan fingerprint density at radius 2 is 2.07 bits per heavy atom. The van der Waals surface area contributed by atoms with Gasteiger partial charge in [-0.1, -0.05) is 30.0 Å². The summed E-state index contributed by atoms with van der Waals surface area (Å²) in [5.74, 6) is -1.26. The number of fused-ring (bicyclic) bond motifs is 1. The number of hydrogen-bond acceptors (Lipinski definition) is 6. The number of carbonyl (C=O) groups is 3. The second kappa shape index (κ2) is 8.70. The van der Waals surface area contributed by atoms with Crippen LogP contribution in [-0.2, 0) is 20.8 Å². The van der Waals surface area contributed by atoms with Gasteiger partial charge in [0.1, 0.15) is 17.1 Å². The highest BCUT2D eigenvalue weighted by molar-refractivity contribution is 14.1. The molecule has 2 amide bonds. The molecular weight excluding hydrogens is 543 g/mol. The van der Waals surface area contributed by atoms with Gasteiger partial charge in [0.05, 0.1) is 6.42 Å². The largest absolute Gasteiger partial charge is 0.477 e. The second-order valence-corrected chi connectivity index (χ2v) is 10.8. The molecule has 1 aromatic carbocycles. The van der Waals surface area contributed by atoms with Crippen LogP contribution in [0.3, 0.4) is 0 Å². The van der Waals surface area contributed by atoms with Crippen molar-refractivity contribution in [2.75, 3.05) is 5.75 Å². The van der Waals surface area contributed by atoms with E-state index in [0.717, 1.165) is 13.3 Å². The number of nitrogens with one attached hydrogen (secondary N) is 1. The van der Waals surface area contributed by atoms with Gasteiger partial charge in [-0.3, -0.25) is 14.5 Å². The maximum absolute atomic E-state index is 12.7. The topological polar surface area (TPSA) is 86.7 Å². The summed E-state index contributed by atoms with van der Waals surface area (Å²) in [6.07, 6.45) is 0.216. The van der Waals surface area contributed by atoms with E-state index < -0.39 is 12.0 Å². The normalized spacial score (nSPS) is 20.9. The Morgan fingerprint density at radius 1 is 1.28 bits per heavy atom. The fourth-order valence-electron chi connectivity index (χ4n) is 3.13. The Kier molecular flexibility index (Phi) is 6.23. The van der Waals surface area contributed by atoms with Gasteiger partial charge in [-0.15, -0.1) is 23.1 Å². The first-order chi connectivity index (χ1) is 14.0. The molecule has 1 aromatic heterocycles. The van der Waals surface area contributed by atoms with Gasteiger partial charge in [0, 0.05) is 24.0 Å². The van der Waals surface area contributed by atoms with Crippen molar-refractivity contribution < 1.29 is 19.5 Å². The van der Waals surface area contributed by atoms with E-state index in [1.54, 1.807) is 0 Å². The first-order valence-electron chi connectivity index (χ1n) is 8.61. The number of aliphatic carboxylic acids is 1. The molecule has 2 aromatic rings. The van der Waals surface area contributed by atoms with E-state index in [9.17, 15) is 19.5 Å². The summed E-state index contributed by atoms with van der Waals surface area (Å²) in [5, 5.41) is 14.0. The Balaban J connectivity index is 1.51. The zero-order valence-corrected chi connectivity index (χ0v) is 19.4. The van der Waals surface area contributed by atoms with E-state index >= 15 is 0 Å². The van der Waals surface area contributed by atoms with E-state index in [2.05, 4.69) is 27.9 Å². The molecule has 2 atom stereocenters. The number of hydrogen-bond donors (Lipinski definition) is 2. The lowest BCUT2D eigenvalue weighted by atomic mass is 10.0. The van der Waals surface area contributed by atoms with Gasteiger partial charge >= 0.3 is 5.97 Å². The van der Waals surface area contributed by atoms with Crippen LogP contribution in [0.4, 0.5) is 0 Å². The molecule has 4 rings (SSSR count). The van der Waals surface area contributed by atoms with E-state index in [0.29, 0.717) is 10.7 Å². The molecule has 0 aliphatic carbocycles. The molecule has 0 radical (unpaired) electrons. The zero-order valence-electron chi connectivity index (χ0n) is 14.8. The van der Waals surface area contributed by atoms with Crippen molar-refractivity contribution in [1.82, 2.24) is 10.2 Å². The number of carbonyl (C=O) groups excluding carboxylic acids is 2. The minimum absolute atomic E-state index is 0.0205. The molecule has 0 saturated carbocycles. The number of carboxylic acids is 1. The Bertz CT molecular complexity index is 1010. The van der Waals surface area contributed by atoms with E-state index in [1.807, 2.05) is 41.8 Å². The highest BCUT2D eigenvalue weighted by Gasteiger charge is 2.54. The van der Waals surface area contributed by atoms with Crippen LogP contribution in [0.15, 0.2) is 57.3 Å². The highest BCUT2D eigenvalue weighted by Crippen LogP contribution is 2.45. The summed E-state index contributed by atoms with van der Waals surface area (Å²) in [5.41, 5.74) is 0.0205. The van der Waals surface area contributed by atoms with Crippen LogP contribution in [0.25, 0.3) is 0 Å². The van der Waals surface area contributed by atoms with Crippen molar-refractivity contribution in [3.8, 4) is 0 Å². The number of thiophene rings is 1. The summed E-state index contributed by atoms with van der Waals surface area (Å²) >= 11 is 6.55. The third-order valence-corrected chi connectivity index (χ3v) is 9.24. The number of amides is 2. The van der Waals surface area contributed by atoms with Crippen molar-refractivity contribution >= 4 is 75.2 Å². The number of nitrogens with zero attached hydrogens (tertiary/aromatic N) is 1. The van der Waals surface area contributed by atoms with Crippen LogP contribution in [0.2, 0.25) is 0 Å². The standard InChI is InChI=1S/C19H15IN2O4S3/c20-11-5-1-2-6-12(11)29-13-9-28-18-15(17(24)22(18)16(13)19(25)26)21-14(23)8-10-4-3-7-27-10/h1-7,15,18H,8-9H2,(H,21,23)(H,25,26)/t15-,18-/m1/s1. The van der Waals surface area contributed by atoms with Gasteiger partial charge in [-0.25, -0.2) is 4.79 Å². The van der Waals surface area contributed by atoms with Crippen LogP contribution in [0.5, 0.6) is 0 Å². The maximum Gasteiger partial charge on any atom is 0.353 e. The highest BCUT2D eigenvalue weighted by atomic mass is 127. The van der Waals surface area contributed by atoms with Crippen molar-refractivity contribution in [3.05, 3.63) is 60.8 Å². The van der Waals surface area contributed by atoms with Gasteiger partial charge in [-0.05, 0) is 46.2 Å². The molecule has 2 aliphatic heterocycles. The lowest BCUT2D eigenvalue weighted by Crippen LogP contribution is -2.70. The van der Waals surface area contributed by atoms with E-state index in [1.165, 1.54) is 39.8 Å². The van der Waals surface area contributed by atoms with Gasteiger partial charge in [0.25, 0.3) is 5.91 Å². The fourth-order valence-corrected chi connectivity index (χ4v) is 7.04. The molecule has 6 nitrogen and oxygen atoms in total. The summed E-state index contributed by atoms with van der Waals surface area (Å²) in [6.45, 7) is 0. The Labute approximate surface area is 193 Å². The number of rotatable bonds is 6. The predicted octanol–water partition coefficient (Wildman–Crippen LogP) is 3.38. The molecule has 1 saturated heterocycles. The summed E-state index contributed by atoms with van der Waals surface area (Å²) < 4.78 is 1.02. The molecule has 0 bridgehead atoms. The second-order valence-electron chi connectivity index (χ2n) is 6.32. The SMILES string of the molecule is O=C(Cc1cccs1)N[C@@H]1C(=O)N2C(C(=O)O)=C(Sc3ccccc3I)CS[C@H]12. The van der Waals surface area contributed by atoms with Gasteiger partial charge < -0.3 is 10.4 Å². The van der Waals surface area contributed by atoms with Crippen molar-refractivity contribution in [1.29, 1.82) is 0 Å². The average molecular weight is 558 g/mol. The molecule has 10 heteroatoms. The van der Waals surface area contributed by atoms with Gasteiger partial charge in [0.2, 0.25) is 5.91 Å². The Morgan fingerprint density at radius 3 is 2.76 bits per heavy atom.